The molecule has 3 aromatic rings. The first-order valence-corrected chi connectivity index (χ1v) is 6.97. The molecule has 0 saturated heterocycles. The van der Waals surface area contributed by atoms with Crippen molar-refractivity contribution in [1.82, 2.24) is 0 Å². The van der Waals surface area contributed by atoms with Crippen LogP contribution < -0.4 is 0 Å². The Morgan fingerprint density at radius 3 is 2.25 bits per heavy atom. The summed E-state index contributed by atoms with van der Waals surface area (Å²) in [6, 6.07) is 14.9. The minimum Gasteiger partial charge on any atom is -0.289 e. The molecular weight excluding hydrogens is 291 g/mol. The maximum Gasteiger partial charge on any atom is 0.194 e. The van der Waals surface area contributed by atoms with Crippen molar-refractivity contribution in [3.8, 4) is 11.1 Å². The highest BCUT2D eigenvalue weighted by Crippen LogP contribution is 2.42. The molecule has 0 radical (unpaired) electrons. The predicted octanol–water partition coefficient (Wildman–Crippen LogP) is 5.36. The van der Waals surface area contributed by atoms with E-state index in [1.165, 1.54) is 0 Å². The monoisotopic (exact) mass is 298 g/mol. The van der Waals surface area contributed by atoms with E-state index in [-0.39, 0.29) is 5.78 Å². The summed E-state index contributed by atoms with van der Waals surface area (Å²) in [6.45, 7) is 0. The van der Waals surface area contributed by atoms with Crippen LogP contribution in [0.3, 0.4) is 0 Å². The number of benzene rings is 3. The van der Waals surface area contributed by atoms with Gasteiger partial charge in [0, 0.05) is 26.7 Å². The molecule has 0 atom stereocenters. The third-order valence-corrected chi connectivity index (χ3v) is 4.19. The van der Waals surface area contributed by atoms with Crippen LogP contribution in [-0.4, -0.2) is 5.78 Å². The number of carbonyl (C=O) groups is 1. The lowest BCUT2D eigenvalue weighted by atomic mass is 9.98. The van der Waals surface area contributed by atoms with E-state index in [0.29, 0.717) is 15.6 Å². The summed E-state index contributed by atoms with van der Waals surface area (Å²) in [5.41, 5.74) is 3.32. The standard InChI is InChI=1S/C17H8Cl2O/c18-10-2-5-12-9(7-10)1-4-14-16(12)15-8-11(19)3-6-13(15)17(14)20/h1-8H. The van der Waals surface area contributed by atoms with Gasteiger partial charge in [0.1, 0.15) is 0 Å². The summed E-state index contributed by atoms with van der Waals surface area (Å²) >= 11 is 12.1. The molecule has 4 rings (SSSR count). The van der Waals surface area contributed by atoms with E-state index in [1.807, 2.05) is 36.4 Å². The maximum atomic E-state index is 12.4. The lowest BCUT2D eigenvalue weighted by Gasteiger charge is -2.06. The second-order valence-electron chi connectivity index (χ2n) is 4.87. The maximum absolute atomic E-state index is 12.4. The first kappa shape index (κ1) is 12.0. The quantitative estimate of drug-likeness (QED) is 0.427. The molecule has 20 heavy (non-hydrogen) atoms. The van der Waals surface area contributed by atoms with Gasteiger partial charge in [-0.2, -0.15) is 0 Å². The fourth-order valence-corrected chi connectivity index (χ4v) is 3.20. The Bertz CT molecular complexity index is 897. The molecule has 3 heteroatoms. The largest absolute Gasteiger partial charge is 0.289 e. The molecule has 0 bridgehead atoms. The van der Waals surface area contributed by atoms with Gasteiger partial charge in [-0.3, -0.25) is 4.79 Å². The van der Waals surface area contributed by atoms with Crippen molar-refractivity contribution in [2.24, 2.45) is 0 Å². The van der Waals surface area contributed by atoms with Crippen LogP contribution in [-0.2, 0) is 0 Å². The highest BCUT2D eigenvalue weighted by Gasteiger charge is 2.28. The van der Waals surface area contributed by atoms with Crippen molar-refractivity contribution in [3.05, 3.63) is 69.7 Å². The summed E-state index contributed by atoms with van der Waals surface area (Å²) < 4.78 is 0. The van der Waals surface area contributed by atoms with Gasteiger partial charge in [0.05, 0.1) is 0 Å². The molecule has 0 saturated carbocycles. The van der Waals surface area contributed by atoms with Crippen LogP contribution in [0, 0.1) is 0 Å². The van der Waals surface area contributed by atoms with Gasteiger partial charge in [-0.15, -0.1) is 0 Å². The molecule has 1 nitrogen and oxygen atoms in total. The molecule has 3 aromatic carbocycles. The minimum absolute atomic E-state index is 0.0588. The zero-order chi connectivity index (χ0) is 13.9. The Morgan fingerprint density at radius 2 is 1.40 bits per heavy atom. The van der Waals surface area contributed by atoms with Gasteiger partial charge in [0.2, 0.25) is 0 Å². The molecule has 96 valence electrons. The van der Waals surface area contributed by atoms with Crippen LogP contribution in [0.2, 0.25) is 10.0 Å². The van der Waals surface area contributed by atoms with Gasteiger partial charge in [0.15, 0.2) is 5.78 Å². The molecule has 1 aliphatic rings. The van der Waals surface area contributed by atoms with Gasteiger partial charge in [-0.1, -0.05) is 35.3 Å². The smallest absolute Gasteiger partial charge is 0.194 e. The van der Waals surface area contributed by atoms with Gasteiger partial charge in [-0.25, -0.2) is 0 Å². The zero-order valence-electron chi connectivity index (χ0n) is 10.3. The van der Waals surface area contributed by atoms with Crippen LogP contribution >= 0.6 is 23.2 Å². The molecular formula is C17H8Cl2O. The van der Waals surface area contributed by atoms with Crippen LogP contribution in [0.4, 0.5) is 0 Å². The molecule has 0 amide bonds. The van der Waals surface area contributed by atoms with Crippen molar-refractivity contribution in [3.63, 3.8) is 0 Å². The van der Waals surface area contributed by atoms with E-state index in [2.05, 4.69) is 0 Å². The molecule has 0 unspecified atom stereocenters. The van der Waals surface area contributed by atoms with Crippen LogP contribution in [0.5, 0.6) is 0 Å². The molecule has 0 aromatic heterocycles. The van der Waals surface area contributed by atoms with E-state index >= 15 is 0 Å². The number of hydrogen-bond acceptors (Lipinski definition) is 1. The number of rotatable bonds is 0. The summed E-state index contributed by atoms with van der Waals surface area (Å²) in [5, 5.41) is 3.38. The van der Waals surface area contributed by atoms with E-state index in [0.717, 1.165) is 27.5 Å². The van der Waals surface area contributed by atoms with Crippen molar-refractivity contribution in [2.75, 3.05) is 0 Å². The number of hydrogen-bond donors (Lipinski definition) is 0. The van der Waals surface area contributed by atoms with Crippen molar-refractivity contribution in [1.29, 1.82) is 0 Å². The summed E-state index contributed by atoms with van der Waals surface area (Å²) in [5.74, 6) is 0.0588. The van der Waals surface area contributed by atoms with Crippen molar-refractivity contribution in [2.45, 2.75) is 0 Å². The van der Waals surface area contributed by atoms with E-state index in [9.17, 15) is 4.79 Å². The third-order valence-electron chi connectivity index (χ3n) is 3.72. The summed E-state index contributed by atoms with van der Waals surface area (Å²) in [4.78, 5) is 12.4. The van der Waals surface area contributed by atoms with Crippen LogP contribution in [0.1, 0.15) is 15.9 Å². The van der Waals surface area contributed by atoms with Gasteiger partial charge >= 0.3 is 0 Å². The fraction of sp³-hybridized carbons (Fsp3) is 0. The zero-order valence-corrected chi connectivity index (χ0v) is 11.8. The highest BCUT2D eigenvalue weighted by atomic mass is 35.5. The molecule has 1 aliphatic carbocycles. The van der Waals surface area contributed by atoms with E-state index < -0.39 is 0 Å². The molecule has 0 fully saturated rings. The SMILES string of the molecule is O=C1c2ccc(Cl)cc2-c2c1ccc1cc(Cl)ccc21. The van der Waals surface area contributed by atoms with Gasteiger partial charge in [-0.05, 0) is 52.7 Å². The van der Waals surface area contributed by atoms with Crippen LogP contribution in [0.25, 0.3) is 21.9 Å². The van der Waals surface area contributed by atoms with Crippen molar-refractivity contribution >= 4 is 39.8 Å². The van der Waals surface area contributed by atoms with Crippen LogP contribution in [0.15, 0.2) is 48.5 Å². The summed E-state index contributed by atoms with van der Waals surface area (Å²) in [6.07, 6.45) is 0. The lowest BCUT2D eigenvalue weighted by molar-refractivity contribution is 0.104. The second kappa shape index (κ2) is 4.08. The average molecular weight is 299 g/mol. The third kappa shape index (κ3) is 1.54. The lowest BCUT2D eigenvalue weighted by Crippen LogP contribution is -1.94. The normalized spacial score (nSPS) is 12.6. The second-order valence-corrected chi connectivity index (χ2v) is 5.75. The average Bonchev–Trinajstić information content (AvgIpc) is 2.71. The number of carbonyl (C=O) groups excluding carboxylic acids is 1. The Kier molecular flexibility index (Phi) is 2.44. The number of fused-ring (bicyclic) bond motifs is 5. The van der Waals surface area contributed by atoms with Crippen molar-refractivity contribution < 1.29 is 4.79 Å². The minimum atomic E-state index is 0.0588. The van der Waals surface area contributed by atoms with E-state index in [4.69, 9.17) is 23.2 Å². The Hall–Kier alpha value is -1.83. The Morgan fingerprint density at radius 1 is 0.700 bits per heavy atom. The fourth-order valence-electron chi connectivity index (χ4n) is 2.85. The number of ketones is 1. The Labute approximate surface area is 125 Å². The first-order chi connectivity index (χ1) is 9.65. The topological polar surface area (TPSA) is 17.1 Å². The molecule has 0 aliphatic heterocycles. The summed E-state index contributed by atoms with van der Waals surface area (Å²) in [7, 11) is 0. The van der Waals surface area contributed by atoms with Gasteiger partial charge < -0.3 is 0 Å². The Balaban J connectivity index is 2.17. The highest BCUT2D eigenvalue weighted by molar-refractivity contribution is 6.33. The molecule has 0 heterocycles. The van der Waals surface area contributed by atoms with Gasteiger partial charge in [0.25, 0.3) is 0 Å². The first-order valence-electron chi connectivity index (χ1n) is 6.22. The predicted molar refractivity (Wildman–Crippen MR) is 82.8 cm³/mol. The molecule has 0 spiro atoms. The molecule has 0 N–H and O–H groups in total. The number of halogens is 2. The van der Waals surface area contributed by atoms with E-state index in [1.54, 1.807) is 12.1 Å².